The Kier molecular flexibility index (Phi) is 3.96. The highest BCUT2D eigenvalue weighted by atomic mass is 32.2. The second kappa shape index (κ2) is 5.40. The van der Waals surface area contributed by atoms with E-state index in [1.54, 1.807) is 18.7 Å². The number of aryl methyl sites for hydroxylation is 1. The molecule has 0 unspecified atom stereocenters. The van der Waals surface area contributed by atoms with Gasteiger partial charge in [0.05, 0.1) is 11.2 Å². The Morgan fingerprint density at radius 2 is 2.04 bits per heavy atom. The largest absolute Gasteiger partial charge is 0.511 e. The van der Waals surface area contributed by atoms with Gasteiger partial charge in [0.1, 0.15) is 4.88 Å². The van der Waals surface area contributed by atoms with Crippen LogP contribution in [0.2, 0.25) is 0 Å². The molecule has 11 heteroatoms. The van der Waals surface area contributed by atoms with Crippen molar-refractivity contribution in [3.63, 3.8) is 0 Å². The topological polar surface area (TPSA) is 70.6 Å². The van der Waals surface area contributed by atoms with Gasteiger partial charge in [-0.2, -0.15) is 17.5 Å². The van der Waals surface area contributed by atoms with Crippen LogP contribution in [0, 0.1) is 18.3 Å². The number of alkyl halides is 3. The van der Waals surface area contributed by atoms with E-state index >= 15 is 0 Å². The molecule has 134 valence electrons. The second-order valence-electron chi connectivity index (χ2n) is 6.52. The summed E-state index contributed by atoms with van der Waals surface area (Å²) in [5.41, 5.74) is -5.97. The number of fused-ring (bicyclic) bond motifs is 1. The van der Waals surface area contributed by atoms with Gasteiger partial charge in [0.15, 0.2) is 0 Å². The molecule has 3 rings (SSSR count). The Morgan fingerprint density at radius 1 is 1.38 bits per heavy atom. The summed E-state index contributed by atoms with van der Waals surface area (Å²) >= 11 is 1.26. The summed E-state index contributed by atoms with van der Waals surface area (Å²) in [4.78, 5) is 18.5. The normalized spacial score (nSPS) is 28.4. The third-order valence-electron chi connectivity index (χ3n) is 4.69. The van der Waals surface area contributed by atoms with Crippen LogP contribution < -0.4 is 0 Å². The standard InChI is InChI=1S/C13H16F3N3O3S2/c1-8-17-3-10(23-8)11(20)18-4-9-5-19(7-12(9,2)6-18)24(21,22)13(14,15)16/h3,9H,4-7H2,1-2H3/t9-,12+/m1/s1. The quantitative estimate of drug-likeness (QED) is 0.779. The first-order chi connectivity index (χ1) is 10.9. The van der Waals surface area contributed by atoms with E-state index in [0.29, 0.717) is 9.18 Å². The van der Waals surface area contributed by atoms with Gasteiger partial charge in [0, 0.05) is 31.6 Å². The van der Waals surface area contributed by atoms with Gasteiger partial charge in [-0.1, -0.05) is 6.92 Å². The van der Waals surface area contributed by atoms with Gasteiger partial charge in [0.25, 0.3) is 5.91 Å². The lowest BCUT2D eigenvalue weighted by molar-refractivity contribution is -0.0486. The van der Waals surface area contributed by atoms with Crippen molar-refractivity contribution in [1.29, 1.82) is 0 Å². The van der Waals surface area contributed by atoms with Gasteiger partial charge in [0.2, 0.25) is 0 Å². The summed E-state index contributed by atoms with van der Waals surface area (Å²) in [5.74, 6) is -0.519. The van der Waals surface area contributed by atoms with Crippen molar-refractivity contribution in [1.82, 2.24) is 14.2 Å². The third-order valence-corrected chi connectivity index (χ3v) is 7.14. The number of carbonyl (C=O) groups excluding carboxylic acids is 1. The number of aromatic nitrogens is 1. The smallest absolute Gasteiger partial charge is 0.337 e. The lowest BCUT2D eigenvalue weighted by atomic mass is 9.83. The van der Waals surface area contributed by atoms with Crippen molar-refractivity contribution in [3.8, 4) is 0 Å². The lowest BCUT2D eigenvalue weighted by Crippen LogP contribution is -2.42. The monoisotopic (exact) mass is 383 g/mol. The number of carbonyl (C=O) groups is 1. The molecule has 0 N–H and O–H groups in total. The maximum atomic E-state index is 12.7. The number of rotatable bonds is 2. The number of nitrogens with zero attached hydrogens (tertiary/aromatic N) is 3. The maximum absolute atomic E-state index is 12.7. The molecular weight excluding hydrogens is 367 g/mol. The van der Waals surface area contributed by atoms with Crippen LogP contribution in [0.25, 0.3) is 0 Å². The van der Waals surface area contributed by atoms with Gasteiger partial charge in [-0.15, -0.1) is 11.3 Å². The molecule has 0 aromatic carbocycles. The summed E-state index contributed by atoms with van der Waals surface area (Å²) in [6.45, 7) is 3.54. The SMILES string of the molecule is Cc1ncc(C(=O)N2C[C@@H]3CN(S(=O)(=O)C(F)(F)F)C[C@]3(C)C2)s1. The molecule has 1 amide bonds. The Morgan fingerprint density at radius 3 is 2.54 bits per heavy atom. The zero-order valence-electron chi connectivity index (χ0n) is 13.0. The molecule has 0 saturated carbocycles. The van der Waals surface area contributed by atoms with Crippen LogP contribution in [-0.2, 0) is 10.0 Å². The Hall–Kier alpha value is -1.20. The highest BCUT2D eigenvalue weighted by molar-refractivity contribution is 7.90. The summed E-state index contributed by atoms with van der Waals surface area (Å²) in [6.07, 6.45) is 1.49. The fourth-order valence-electron chi connectivity index (χ4n) is 3.39. The average molecular weight is 383 g/mol. The van der Waals surface area contributed by atoms with Gasteiger partial charge in [-0.05, 0) is 12.8 Å². The summed E-state index contributed by atoms with van der Waals surface area (Å²) in [7, 11) is -5.32. The van der Waals surface area contributed by atoms with E-state index in [2.05, 4.69) is 4.98 Å². The Labute approximate surface area is 141 Å². The van der Waals surface area contributed by atoms with Crippen molar-refractivity contribution >= 4 is 27.3 Å². The molecule has 6 nitrogen and oxygen atoms in total. The van der Waals surface area contributed by atoms with Crippen molar-refractivity contribution in [3.05, 3.63) is 16.1 Å². The van der Waals surface area contributed by atoms with Crippen LogP contribution in [0.15, 0.2) is 6.20 Å². The molecule has 0 radical (unpaired) electrons. The van der Waals surface area contributed by atoms with Crippen molar-refractivity contribution < 1.29 is 26.4 Å². The minimum absolute atomic E-state index is 0.207. The van der Waals surface area contributed by atoms with Gasteiger partial charge in [-0.25, -0.2) is 13.4 Å². The molecule has 0 aliphatic carbocycles. The van der Waals surface area contributed by atoms with Crippen molar-refractivity contribution in [2.75, 3.05) is 26.2 Å². The first-order valence-corrected chi connectivity index (χ1v) is 9.48. The Bertz CT molecular complexity index is 777. The fourth-order valence-corrected chi connectivity index (χ4v) is 5.27. The van der Waals surface area contributed by atoms with E-state index < -0.39 is 20.9 Å². The molecule has 0 bridgehead atoms. The van der Waals surface area contributed by atoms with Gasteiger partial charge in [-0.3, -0.25) is 4.79 Å². The van der Waals surface area contributed by atoms with E-state index in [0.717, 1.165) is 5.01 Å². The van der Waals surface area contributed by atoms with E-state index in [-0.39, 0.29) is 38.0 Å². The first-order valence-electron chi connectivity index (χ1n) is 7.22. The van der Waals surface area contributed by atoms with Crippen LogP contribution in [0.3, 0.4) is 0 Å². The highest BCUT2D eigenvalue weighted by Gasteiger charge is 2.58. The lowest BCUT2D eigenvalue weighted by Gasteiger charge is -2.25. The van der Waals surface area contributed by atoms with E-state index in [4.69, 9.17) is 0 Å². The number of halogens is 3. The van der Waals surface area contributed by atoms with Crippen LogP contribution in [0.4, 0.5) is 13.2 Å². The average Bonchev–Trinajstić information content (AvgIpc) is 3.08. The van der Waals surface area contributed by atoms with E-state index in [1.807, 2.05) is 0 Å². The van der Waals surface area contributed by atoms with Crippen LogP contribution in [0.5, 0.6) is 0 Å². The maximum Gasteiger partial charge on any atom is 0.511 e. The second-order valence-corrected chi connectivity index (χ2v) is 9.69. The Balaban J connectivity index is 1.75. The first kappa shape index (κ1) is 17.6. The summed E-state index contributed by atoms with van der Waals surface area (Å²) in [5, 5.41) is 0.756. The van der Waals surface area contributed by atoms with Crippen molar-refractivity contribution in [2.45, 2.75) is 19.4 Å². The number of likely N-dealkylation sites (tertiary alicyclic amines) is 1. The molecule has 2 saturated heterocycles. The molecule has 1 aromatic rings. The summed E-state index contributed by atoms with van der Waals surface area (Å²) in [6, 6.07) is 0. The number of sulfonamides is 1. The molecule has 1 aromatic heterocycles. The number of thiazole rings is 1. The van der Waals surface area contributed by atoms with E-state index in [9.17, 15) is 26.4 Å². The summed E-state index contributed by atoms with van der Waals surface area (Å²) < 4.78 is 61.8. The highest BCUT2D eigenvalue weighted by Crippen LogP contribution is 2.45. The van der Waals surface area contributed by atoms with Crippen LogP contribution >= 0.6 is 11.3 Å². The molecular formula is C13H16F3N3O3S2. The minimum Gasteiger partial charge on any atom is -0.337 e. The molecule has 2 aliphatic heterocycles. The molecule has 2 aliphatic rings. The predicted octanol–water partition coefficient (Wildman–Crippen LogP) is 1.70. The van der Waals surface area contributed by atoms with E-state index in [1.165, 1.54) is 17.5 Å². The fraction of sp³-hybridized carbons (Fsp3) is 0.692. The third kappa shape index (κ3) is 2.72. The molecule has 2 fully saturated rings. The molecule has 24 heavy (non-hydrogen) atoms. The minimum atomic E-state index is -5.32. The van der Waals surface area contributed by atoms with Crippen LogP contribution in [0.1, 0.15) is 21.6 Å². The van der Waals surface area contributed by atoms with Gasteiger partial charge >= 0.3 is 15.5 Å². The molecule has 0 spiro atoms. The molecule has 2 atom stereocenters. The zero-order chi connectivity index (χ0) is 17.9. The number of amides is 1. The van der Waals surface area contributed by atoms with Crippen LogP contribution in [-0.4, -0.2) is 60.2 Å². The predicted molar refractivity (Wildman–Crippen MR) is 80.9 cm³/mol. The molecule has 3 heterocycles. The van der Waals surface area contributed by atoms with Crippen molar-refractivity contribution in [2.24, 2.45) is 11.3 Å². The zero-order valence-corrected chi connectivity index (χ0v) is 14.6. The number of hydrogen-bond donors (Lipinski definition) is 0. The van der Waals surface area contributed by atoms with Gasteiger partial charge < -0.3 is 4.90 Å². The number of hydrogen-bond acceptors (Lipinski definition) is 5.